The lowest BCUT2D eigenvalue weighted by molar-refractivity contribution is -0.125. The summed E-state index contributed by atoms with van der Waals surface area (Å²) in [6.45, 7) is 3.25. The van der Waals surface area contributed by atoms with E-state index in [1.807, 2.05) is 36.4 Å². The number of benzene rings is 2. The third-order valence-corrected chi connectivity index (χ3v) is 6.36. The van der Waals surface area contributed by atoms with E-state index in [1.54, 1.807) is 12.0 Å². The van der Waals surface area contributed by atoms with Crippen molar-refractivity contribution in [1.29, 1.82) is 5.26 Å². The highest BCUT2D eigenvalue weighted by molar-refractivity contribution is 5.98. The quantitative estimate of drug-likeness (QED) is 0.619. The predicted octanol–water partition coefficient (Wildman–Crippen LogP) is 3.75. The van der Waals surface area contributed by atoms with E-state index < -0.39 is 0 Å². The Balaban J connectivity index is 1.56. The zero-order valence-electron chi connectivity index (χ0n) is 18.7. The van der Waals surface area contributed by atoms with Gasteiger partial charge in [0.05, 0.1) is 24.9 Å². The molecular formula is C25H25N5O3. The van der Waals surface area contributed by atoms with Crippen LogP contribution in [0.1, 0.15) is 25.5 Å². The number of methoxy groups -OCH3 is 1. The maximum atomic E-state index is 12.3. The molecule has 2 fully saturated rings. The largest absolute Gasteiger partial charge is 0.496 e. The number of morpholine rings is 1. The SMILES string of the molecule is COc1ccc(N2CCOCC2=O)cc1-c1ccc2c(N[C@H](C)C3CC3)c(C#N)nnc2c1. The number of nitrogens with one attached hydrogen (secondary N) is 1. The molecule has 2 aliphatic rings. The molecule has 1 N–H and O–H groups in total. The Morgan fingerprint density at radius 2 is 2.09 bits per heavy atom. The molecule has 2 heterocycles. The lowest BCUT2D eigenvalue weighted by Crippen LogP contribution is -2.41. The Hall–Kier alpha value is -3.70. The molecule has 0 spiro atoms. The monoisotopic (exact) mass is 443 g/mol. The first-order chi connectivity index (χ1) is 16.1. The summed E-state index contributed by atoms with van der Waals surface area (Å²) in [4.78, 5) is 14.1. The van der Waals surface area contributed by atoms with Gasteiger partial charge in [0.25, 0.3) is 5.91 Å². The molecule has 8 nitrogen and oxygen atoms in total. The molecule has 168 valence electrons. The number of rotatable bonds is 6. The summed E-state index contributed by atoms with van der Waals surface area (Å²) in [5, 5.41) is 22.4. The Bertz CT molecular complexity index is 1260. The van der Waals surface area contributed by atoms with Crippen molar-refractivity contribution in [3.63, 3.8) is 0 Å². The van der Waals surface area contributed by atoms with E-state index in [-0.39, 0.29) is 18.6 Å². The maximum Gasteiger partial charge on any atom is 0.253 e. The molecule has 0 radical (unpaired) electrons. The lowest BCUT2D eigenvalue weighted by atomic mass is 10.0. The molecule has 1 aromatic heterocycles. The van der Waals surface area contributed by atoms with Crippen LogP contribution in [0.15, 0.2) is 36.4 Å². The summed E-state index contributed by atoms with van der Waals surface area (Å²) in [6, 6.07) is 14.0. The molecule has 8 heteroatoms. The van der Waals surface area contributed by atoms with E-state index in [0.29, 0.717) is 36.0 Å². The first kappa shape index (κ1) is 21.2. The molecular weight excluding hydrogens is 418 g/mol. The van der Waals surface area contributed by atoms with Crippen LogP contribution in [0.25, 0.3) is 22.0 Å². The van der Waals surface area contributed by atoms with Gasteiger partial charge in [-0.2, -0.15) is 5.26 Å². The van der Waals surface area contributed by atoms with Gasteiger partial charge in [-0.3, -0.25) is 4.79 Å². The van der Waals surface area contributed by atoms with Crippen molar-refractivity contribution in [2.24, 2.45) is 5.92 Å². The van der Waals surface area contributed by atoms with Crippen LogP contribution in [0.4, 0.5) is 11.4 Å². The predicted molar refractivity (Wildman–Crippen MR) is 125 cm³/mol. The van der Waals surface area contributed by atoms with E-state index in [2.05, 4.69) is 28.5 Å². The topological polar surface area (TPSA) is 100 Å². The summed E-state index contributed by atoms with van der Waals surface area (Å²) in [6.07, 6.45) is 2.41. The first-order valence-corrected chi connectivity index (χ1v) is 11.1. The van der Waals surface area contributed by atoms with Gasteiger partial charge in [-0.05, 0) is 61.6 Å². The molecule has 0 unspecified atom stereocenters. The van der Waals surface area contributed by atoms with Gasteiger partial charge in [0.1, 0.15) is 18.4 Å². The number of nitriles is 1. The summed E-state index contributed by atoms with van der Waals surface area (Å²) < 4.78 is 10.9. The number of hydrogen-bond donors (Lipinski definition) is 1. The highest BCUT2D eigenvalue weighted by Gasteiger charge is 2.29. The van der Waals surface area contributed by atoms with Crippen LogP contribution in [-0.4, -0.2) is 49.0 Å². The number of amides is 1. The van der Waals surface area contributed by atoms with Crippen LogP contribution >= 0.6 is 0 Å². The Kier molecular flexibility index (Phi) is 5.56. The zero-order valence-corrected chi connectivity index (χ0v) is 18.7. The van der Waals surface area contributed by atoms with Crippen LogP contribution in [0.5, 0.6) is 5.75 Å². The fourth-order valence-electron chi connectivity index (χ4n) is 4.32. The molecule has 0 bridgehead atoms. The van der Waals surface area contributed by atoms with Crippen LogP contribution in [0.3, 0.4) is 0 Å². The third kappa shape index (κ3) is 4.08. The Morgan fingerprint density at radius 3 is 2.82 bits per heavy atom. The second-order valence-electron chi connectivity index (χ2n) is 8.52. The van der Waals surface area contributed by atoms with Gasteiger partial charge in [0.2, 0.25) is 0 Å². The second-order valence-corrected chi connectivity index (χ2v) is 8.52. The van der Waals surface area contributed by atoms with Gasteiger partial charge in [0, 0.05) is 29.2 Å². The van der Waals surface area contributed by atoms with Gasteiger partial charge in [0.15, 0.2) is 5.69 Å². The average molecular weight is 444 g/mol. The number of ether oxygens (including phenoxy) is 2. The van der Waals surface area contributed by atoms with Crippen molar-refractivity contribution in [3.05, 3.63) is 42.1 Å². The highest BCUT2D eigenvalue weighted by Crippen LogP contribution is 2.38. The molecule has 1 saturated carbocycles. The van der Waals surface area contributed by atoms with Gasteiger partial charge < -0.3 is 19.7 Å². The molecule has 33 heavy (non-hydrogen) atoms. The van der Waals surface area contributed by atoms with Crippen LogP contribution in [0.2, 0.25) is 0 Å². The minimum absolute atomic E-state index is 0.0636. The molecule has 1 saturated heterocycles. The molecule has 1 aliphatic carbocycles. The molecule has 5 rings (SSSR count). The molecule has 2 aromatic carbocycles. The van der Waals surface area contributed by atoms with Crippen molar-refractivity contribution in [3.8, 4) is 22.9 Å². The first-order valence-electron chi connectivity index (χ1n) is 11.1. The Labute approximate surface area is 192 Å². The normalized spacial score (nSPS) is 17.0. The van der Waals surface area contributed by atoms with E-state index in [1.165, 1.54) is 12.8 Å². The standard InChI is InChI=1S/C25H25N5O3/c1-15(16-3-4-16)27-25-19-7-5-17(11-21(19)28-29-22(25)13-26)20-12-18(6-8-23(20)32-2)30-9-10-33-14-24(30)31/h5-8,11-12,15-16H,3-4,9-10,14H2,1-2H3,(H,27,28)/t15-/m1/s1. The van der Waals surface area contributed by atoms with Crippen LogP contribution in [-0.2, 0) is 9.53 Å². The van der Waals surface area contributed by atoms with Crippen molar-refractivity contribution in [1.82, 2.24) is 10.2 Å². The fourth-order valence-corrected chi connectivity index (χ4v) is 4.32. The smallest absolute Gasteiger partial charge is 0.253 e. The second kappa shape index (κ2) is 8.68. The van der Waals surface area contributed by atoms with E-state index in [9.17, 15) is 10.1 Å². The van der Waals surface area contributed by atoms with Gasteiger partial charge >= 0.3 is 0 Å². The summed E-state index contributed by atoms with van der Waals surface area (Å²) in [5.41, 5.74) is 4.25. The number of anilines is 2. The molecule has 1 atom stereocenters. The van der Waals surface area contributed by atoms with Crippen molar-refractivity contribution in [2.45, 2.75) is 25.8 Å². The average Bonchev–Trinajstić information content (AvgIpc) is 3.69. The van der Waals surface area contributed by atoms with Crippen molar-refractivity contribution < 1.29 is 14.3 Å². The number of hydrogen-bond acceptors (Lipinski definition) is 7. The van der Waals surface area contributed by atoms with Gasteiger partial charge in [-0.1, -0.05) is 6.07 Å². The van der Waals surface area contributed by atoms with Gasteiger partial charge in [-0.25, -0.2) is 0 Å². The maximum absolute atomic E-state index is 12.3. The van der Waals surface area contributed by atoms with Gasteiger partial charge in [-0.15, -0.1) is 10.2 Å². The molecule has 1 aliphatic heterocycles. The number of carbonyl (C=O) groups excluding carboxylic acids is 1. The summed E-state index contributed by atoms with van der Waals surface area (Å²) in [7, 11) is 1.62. The zero-order chi connectivity index (χ0) is 22.9. The van der Waals surface area contributed by atoms with Crippen molar-refractivity contribution in [2.75, 3.05) is 37.1 Å². The van der Waals surface area contributed by atoms with Crippen LogP contribution < -0.4 is 15.0 Å². The Morgan fingerprint density at radius 1 is 1.24 bits per heavy atom. The fraction of sp³-hybridized carbons (Fsp3) is 0.360. The third-order valence-electron chi connectivity index (χ3n) is 6.36. The van der Waals surface area contributed by atoms with E-state index in [4.69, 9.17) is 9.47 Å². The van der Waals surface area contributed by atoms with E-state index in [0.717, 1.165) is 27.9 Å². The lowest BCUT2D eigenvalue weighted by Gasteiger charge is -2.27. The number of aromatic nitrogens is 2. The number of nitrogens with zero attached hydrogens (tertiary/aromatic N) is 4. The van der Waals surface area contributed by atoms with Crippen molar-refractivity contribution >= 4 is 28.2 Å². The number of fused-ring (bicyclic) bond motifs is 1. The highest BCUT2D eigenvalue weighted by atomic mass is 16.5. The minimum atomic E-state index is -0.0636. The molecule has 3 aromatic rings. The number of carbonyl (C=O) groups is 1. The minimum Gasteiger partial charge on any atom is -0.496 e. The summed E-state index contributed by atoms with van der Waals surface area (Å²) >= 11 is 0. The molecule has 1 amide bonds. The van der Waals surface area contributed by atoms with Crippen LogP contribution in [0, 0.1) is 17.2 Å². The van der Waals surface area contributed by atoms with E-state index >= 15 is 0 Å². The summed E-state index contributed by atoms with van der Waals surface area (Å²) in [5.74, 6) is 1.27.